The molecule has 0 aliphatic heterocycles. The van der Waals surface area contributed by atoms with Gasteiger partial charge in [-0.05, 0) is 18.9 Å². The third-order valence-electron chi connectivity index (χ3n) is 3.18. The standard InChI is InChI=1S/C12H19ClFN3O/c1-3-12(18,4-2)6-17-11-8(16)5-7(15)9(13)10(11)14/h5,17-18H,3-4,6,15-16H2,1-2H3. The molecule has 6 N–H and O–H groups in total. The van der Waals surface area contributed by atoms with Crippen molar-refractivity contribution >= 4 is 28.7 Å². The highest BCUT2D eigenvalue weighted by atomic mass is 35.5. The van der Waals surface area contributed by atoms with Crippen molar-refractivity contribution in [3.63, 3.8) is 0 Å². The first-order chi connectivity index (χ1) is 8.34. The van der Waals surface area contributed by atoms with Crippen LogP contribution >= 0.6 is 11.6 Å². The monoisotopic (exact) mass is 275 g/mol. The van der Waals surface area contributed by atoms with Gasteiger partial charge in [-0.1, -0.05) is 25.4 Å². The van der Waals surface area contributed by atoms with Crippen LogP contribution in [0.25, 0.3) is 0 Å². The topological polar surface area (TPSA) is 84.3 Å². The summed E-state index contributed by atoms with van der Waals surface area (Å²) in [4.78, 5) is 0. The maximum Gasteiger partial charge on any atom is 0.169 e. The molecular formula is C12H19ClFN3O. The largest absolute Gasteiger partial charge is 0.397 e. The van der Waals surface area contributed by atoms with E-state index in [4.69, 9.17) is 23.1 Å². The number of anilines is 3. The number of hydrogen-bond donors (Lipinski definition) is 4. The Morgan fingerprint density at radius 2 is 1.89 bits per heavy atom. The Morgan fingerprint density at radius 3 is 2.39 bits per heavy atom. The minimum Gasteiger partial charge on any atom is -0.397 e. The Bertz CT molecular complexity index is 436. The Labute approximate surface area is 111 Å². The summed E-state index contributed by atoms with van der Waals surface area (Å²) in [6.07, 6.45) is 1.11. The molecule has 4 nitrogen and oxygen atoms in total. The number of halogens is 2. The second-order valence-corrected chi connectivity index (χ2v) is 4.72. The molecule has 1 aromatic rings. The number of aliphatic hydroxyl groups is 1. The van der Waals surface area contributed by atoms with Crippen LogP contribution in [0, 0.1) is 5.82 Å². The molecule has 0 saturated heterocycles. The molecule has 18 heavy (non-hydrogen) atoms. The molecule has 0 amide bonds. The van der Waals surface area contributed by atoms with E-state index in [0.29, 0.717) is 12.8 Å². The van der Waals surface area contributed by atoms with Crippen LogP contribution in [0.5, 0.6) is 0 Å². The summed E-state index contributed by atoms with van der Waals surface area (Å²) in [6.45, 7) is 3.92. The minimum atomic E-state index is -0.896. The summed E-state index contributed by atoms with van der Waals surface area (Å²) in [6, 6.07) is 1.39. The second kappa shape index (κ2) is 5.63. The van der Waals surface area contributed by atoms with Crippen LogP contribution in [0.4, 0.5) is 21.5 Å². The van der Waals surface area contributed by atoms with Gasteiger partial charge in [-0.25, -0.2) is 4.39 Å². The predicted molar refractivity (Wildman–Crippen MR) is 74.3 cm³/mol. The fraction of sp³-hybridized carbons (Fsp3) is 0.500. The van der Waals surface area contributed by atoms with Crippen LogP contribution in [-0.4, -0.2) is 17.3 Å². The van der Waals surface area contributed by atoms with Gasteiger partial charge < -0.3 is 21.9 Å². The first kappa shape index (κ1) is 14.9. The van der Waals surface area contributed by atoms with Crippen molar-refractivity contribution in [2.24, 2.45) is 0 Å². The van der Waals surface area contributed by atoms with Crippen molar-refractivity contribution in [1.29, 1.82) is 0 Å². The maximum absolute atomic E-state index is 13.9. The van der Waals surface area contributed by atoms with Crippen molar-refractivity contribution in [3.8, 4) is 0 Å². The fourth-order valence-corrected chi connectivity index (χ4v) is 1.75. The molecule has 0 aliphatic carbocycles. The molecule has 102 valence electrons. The van der Waals surface area contributed by atoms with Crippen molar-refractivity contribution < 1.29 is 9.50 Å². The molecule has 0 unspecified atom stereocenters. The number of nitrogen functional groups attached to an aromatic ring is 2. The van der Waals surface area contributed by atoms with Crippen molar-refractivity contribution in [2.45, 2.75) is 32.3 Å². The molecule has 0 heterocycles. The van der Waals surface area contributed by atoms with E-state index in [9.17, 15) is 9.50 Å². The lowest BCUT2D eigenvalue weighted by molar-refractivity contribution is 0.0457. The number of rotatable bonds is 5. The zero-order chi connectivity index (χ0) is 13.9. The lowest BCUT2D eigenvalue weighted by Gasteiger charge is -2.26. The summed E-state index contributed by atoms with van der Waals surface area (Å²) < 4.78 is 13.9. The second-order valence-electron chi connectivity index (χ2n) is 4.34. The summed E-state index contributed by atoms with van der Waals surface area (Å²) >= 11 is 5.71. The Morgan fingerprint density at radius 1 is 1.33 bits per heavy atom. The van der Waals surface area contributed by atoms with Crippen LogP contribution in [0.2, 0.25) is 5.02 Å². The smallest absolute Gasteiger partial charge is 0.169 e. The van der Waals surface area contributed by atoms with E-state index in [2.05, 4.69) is 5.32 Å². The molecule has 0 radical (unpaired) electrons. The van der Waals surface area contributed by atoms with Crippen molar-refractivity contribution in [3.05, 3.63) is 16.9 Å². The van der Waals surface area contributed by atoms with Gasteiger partial charge in [-0.15, -0.1) is 0 Å². The normalized spacial score (nSPS) is 11.6. The summed E-state index contributed by atoms with van der Waals surface area (Å²) in [5.74, 6) is -0.691. The number of nitrogens with one attached hydrogen (secondary N) is 1. The number of hydrogen-bond acceptors (Lipinski definition) is 4. The Hall–Kier alpha value is -1.20. The zero-order valence-electron chi connectivity index (χ0n) is 10.6. The highest BCUT2D eigenvalue weighted by molar-refractivity contribution is 6.33. The van der Waals surface area contributed by atoms with Crippen molar-refractivity contribution in [1.82, 2.24) is 0 Å². The van der Waals surface area contributed by atoms with E-state index < -0.39 is 11.4 Å². The van der Waals surface area contributed by atoms with E-state index in [-0.39, 0.29) is 28.6 Å². The molecular weight excluding hydrogens is 257 g/mol. The van der Waals surface area contributed by atoms with Gasteiger partial charge in [0.2, 0.25) is 0 Å². The van der Waals surface area contributed by atoms with Gasteiger partial charge >= 0.3 is 0 Å². The van der Waals surface area contributed by atoms with E-state index in [0.717, 1.165) is 0 Å². The third-order valence-corrected chi connectivity index (χ3v) is 3.56. The van der Waals surface area contributed by atoms with Crippen LogP contribution < -0.4 is 16.8 Å². The first-order valence-electron chi connectivity index (χ1n) is 5.83. The van der Waals surface area contributed by atoms with E-state index in [1.54, 1.807) is 0 Å². The Kier molecular flexibility index (Phi) is 4.65. The SMILES string of the molecule is CCC(O)(CC)CNc1c(N)cc(N)c(Cl)c1F. The molecule has 0 spiro atoms. The molecule has 0 fully saturated rings. The summed E-state index contributed by atoms with van der Waals surface area (Å²) in [5, 5.41) is 12.8. The average molecular weight is 276 g/mol. The van der Waals surface area contributed by atoms with Crippen LogP contribution in [0.1, 0.15) is 26.7 Å². The van der Waals surface area contributed by atoms with Gasteiger partial charge in [0, 0.05) is 6.54 Å². The average Bonchev–Trinajstić information content (AvgIpc) is 2.35. The molecule has 0 saturated carbocycles. The molecule has 1 aromatic carbocycles. The molecule has 0 aliphatic rings. The third kappa shape index (κ3) is 2.97. The zero-order valence-corrected chi connectivity index (χ0v) is 11.3. The quantitative estimate of drug-likeness (QED) is 0.623. The Balaban J connectivity index is 2.96. The van der Waals surface area contributed by atoms with Gasteiger partial charge in [-0.3, -0.25) is 0 Å². The maximum atomic E-state index is 13.9. The predicted octanol–water partition coefficient (Wildman–Crippen LogP) is 2.61. The van der Waals surface area contributed by atoms with Gasteiger partial charge in [0.1, 0.15) is 5.02 Å². The molecule has 0 bridgehead atoms. The summed E-state index contributed by atoms with van der Waals surface area (Å²) in [5.41, 5.74) is 10.6. The number of nitrogens with two attached hydrogens (primary N) is 2. The van der Waals surface area contributed by atoms with E-state index in [1.165, 1.54) is 6.07 Å². The van der Waals surface area contributed by atoms with E-state index in [1.807, 2.05) is 13.8 Å². The molecule has 1 rings (SSSR count). The number of benzene rings is 1. The highest BCUT2D eigenvalue weighted by Crippen LogP contribution is 2.34. The fourth-order valence-electron chi connectivity index (χ4n) is 1.60. The van der Waals surface area contributed by atoms with Gasteiger partial charge in [0.15, 0.2) is 5.82 Å². The molecule has 0 atom stereocenters. The van der Waals surface area contributed by atoms with Gasteiger partial charge in [0.25, 0.3) is 0 Å². The van der Waals surface area contributed by atoms with E-state index >= 15 is 0 Å². The lowest BCUT2D eigenvalue weighted by Crippen LogP contribution is -2.35. The van der Waals surface area contributed by atoms with Crippen LogP contribution in [0.3, 0.4) is 0 Å². The minimum absolute atomic E-state index is 0.0783. The first-order valence-corrected chi connectivity index (χ1v) is 6.21. The van der Waals surface area contributed by atoms with Gasteiger partial charge in [0.05, 0.1) is 22.7 Å². The van der Waals surface area contributed by atoms with Crippen molar-refractivity contribution in [2.75, 3.05) is 23.3 Å². The lowest BCUT2D eigenvalue weighted by atomic mass is 9.97. The summed E-state index contributed by atoms with van der Waals surface area (Å²) in [7, 11) is 0. The van der Waals surface area contributed by atoms with Crippen LogP contribution in [0.15, 0.2) is 6.07 Å². The van der Waals surface area contributed by atoms with Crippen LogP contribution in [-0.2, 0) is 0 Å². The molecule has 0 aromatic heterocycles. The molecule has 6 heteroatoms. The van der Waals surface area contributed by atoms with Gasteiger partial charge in [-0.2, -0.15) is 0 Å². The highest BCUT2D eigenvalue weighted by Gasteiger charge is 2.23.